The number of hydrogen-bond acceptors (Lipinski definition) is 3. The average molecular weight is 228 g/mol. The van der Waals surface area contributed by atoms with Crippen molar-refractivity contribution in [1.82, 2.24) is 0 Å². The van der Waals surface area contributed by atoms with Crippen LogP contribution in [-0.2, 0) is 13.0 Å². The van der Waals surface area contributed by atoms with E-state index in [1.165, 1.54) is 22.5 Å². The molecule has 0 atom stereocenters. The van der Waals surface area contributed by atoms with Crippen molar-refractivity contribution < 1.29 is 4.42 Å². The summed E-state index contributed by atoms with van der Waals surface area (Å²) in [5.74, 6) is 0. The van der Waals surface area contributed by atoms with Crippen molar-refractivity contribution in [3.05, 3.63) is 47.9 Å². The van der Waals surface area contributed by atoms with Gasteiger partial charge in [-0.3, -0.25) is 0 Å². The Balaban J connectivity index is 1.72. The fraction of sp³-hybridized carbons (Fsp3) is 0.286. The molecule has 2 aromatic rings. The van der Waals surface area contributed by atoms with Gasteiger partial charge in [-0.05, 0) is 36.2 Å². The fourth-order valence-electron chi connectivity index (χ4n) is 2.27. The molecule has 3 heteroatoms. The normalized spacial score (nSPS) is 13.8. The summed E-state index contributed by atoms with van der Waals surface area (Å²) < 4.78 is 5.04. The Morgan fingerprint density at radius 2 is 2.29 bits per heavy atom. The van der Waals surface area contributed by atoms with Crippen LogP contribution >= 0.6 is 0 Å². The lowest BCUT2D eigenvalue weighted by Crippen LogP contribution is -2.12. The molecule has 0 saturated carbocycles. The minimum Gasteiger partial charge on any atom is -0.472 e. The summed E-state index contributed by atoms with van der Waals surface area (Å²) in [7, 11) is 2.14. The first kappa shape index (κ1) is 10.3. The Labute approximate surface area is 101 Å². The van der Waals surface area contributed by atoms with Crippen molar-refractivity contribution in [3.8, 4) is 0 Å². The molecule has 3 rings (SSSR count). The van der Waals surface area contributed by atoms with Crippen LogP contribution in [0.4, 0.5) is 11.4 Å². The highest BCUT2D eigenvalue weighted by atomic mass is 16.3. The van der Waals surface area contributed by atoms with Gasteiger partial charge in [0.25, 0.3) is 0 Å². The lowest BCUT2D eigenvalue weighted by Gasteiger charge is -2.12. The van der Waals surface area contributed by atoms with Gasteiger partial charge in [0.1, 0.15) is 0 Å². The summed E-state index contributed by atoms with van der Waals surface area (Å²) in [5.41, 5.74) is 5.14. The number of fused-ring (bicyclic) bond motifs is 1. The predicted molar refractivity (Wildman–Crippen MR) is 69.5 cm³/mol. The molecule has 88 valence electrons. The number of nitrogens with zero attached hydrogens (tertiary/aromatic N) is 1. The van der Waals surface area contributed by atoms with E-state index in [2.05, 4.69) is 35.5 Å². The summed E-state index contributed by atoms with van der Waals surface area (Å²) in [4.78, 5) is 2.30. The first-order valence-corrected chi connectivity index (χ1v) is 5.92. The van der Waals surface area contributed by atoms with Gasteiger partial charge >= 0.3 is 0 Å². The lowest BCUT2D eigenvalue weighted by atomic mass is 10.1. The minimum absolute atomic E-state index is 0.811. The second kappa shape index (κ2) is 4.17. The van der Waals surface area contributed by atoms with E-state index in [0.717, 1.165) is 19.5 Å². The van der Waals surface area contributed by atoms with Crippen LogP contribution in [0.1, 0.15) is 11.1 Å². The Bertz CT molecular complexity index is 505. The molecule has 0 unspecified atom stereocenters. The molecule has 0 fully saturated rings. The van der Waals surface area contributed by atoms with Gasteiger partial charge in [-0.25, -0.2) is 0 Å². The molecule has 0 bridgehead atoms. The van der Waals surface area contributed by atoms with Gasteiger partial charge in [-0.1, -0.05) is 0 Å². The number of likely N-dealkylation sites (N-methyl/N-ethyl adjacent to an activating group) is 1. The number of furan rings is 1. The molecule has 1 aromatic heterocycles. The molecule has 0 saturated heterocycles. The highest BCUT2D eigenvalue weighted by Crippen LogP contribution is 2.29. The van der Waals surface area contributed by atoms with E-state index in [1.54, 1.807) is 12.5 Å². The van der Waals surface area contributed by atoms with Crippen molar-refractivity contribution >= 4 is 11.4 Å². The van der Waals surface area contributed by atoms with Gasteiger partial charge < -0.3 is 14.6 Å². The van der Waals surface area contributed by atoms with Crippen LogP contribution in [0.25, 0.3) is 0 Å². The zero-order chi connectivity index (χ0) is 11.7. The van der Waals surface area contributed by atoms with Crippen molar-refractivity contribution in [1.29, 1.82) is 0 Å². The summed E-state index contributed by atoms with van der Waals surface area (Å²) in [6, 6.07) is 8.56. The van der Waals surface area contributed by atoms with Crippen molar-refractivity contribution in [3.63, 3.8) is 0 Å². The second-order valence-corrected chi connectivity index (χ2v) is 4.50. The Morgan fingerprint density at radius 1 is 1.35 bits per heavy atom. The van der Waals surface area contributed by atoms with Gasteiger partial charge in [0.05, 0.1) is 12.5 Å². The van der Waals surface area contributed by atoms with Gasteiger partial charge in [0.15, 0.2) is 0 Å². The summed E-state index contributed by atoms with van der Waals surface area (Å²) >= 11 is 0. The molecule has 17 heavy (non-hydrogen) atoms. The number of benzene rings is 1. The molecule has 1 aliphatic rings. The molecule has 1 aliphatic heterocycles. The largest absolute Gasteiger partial charge is 0.472 e. The van der Waals surface area contributed by atoms with Crippen molar-refractivity contribution in [2.24, 2.45) is 0 Å². The Kier molecular flexibility index (Phi) is 2.52. The average Bonchev–Trinajstić information content (AvgIpc) is 2.97. The van der Waals surface area contributed by atoms with Crippen molar-refractivity contribution in [2.75, 3.05) is 23.8 Å². The van der Waals surface area contributed by atoms with Crippen LogP contribution in [0.3, 0.4) is 0 Å². The molecule has 2 heterocycles. The molecule has 0 aliphatic carbocycles. The second-order valence-electron chi connectivity index (χ2n) is 4.50. The minimum atomic E-state index is 0.811. The standard InChI is InChI=1S/C14H16N2O/c1-16-6-4-12-8-13(2-3-14(12)16)15-9-11-5-7-17-10-11/h2-3,5,7-8,10,15H,4,6,9H2,1H3. The van der Waals surface area contributed by atoms with E-state index in [9.17, 15) is 0 Å². The van der Waals surface area contributed by atoms with E-state index >= 15 is 0 Å². The van der Waals surface area contributed by atoms with E-state index in [0.29, 0.717) is 0 Å². The van der Waals surface area contributed by atoms with Crippen LogP contribution in [0.5, 0.6) is 0 Å². The van der Waals surface area contributed by atoms with Gasteiger partial charge in [-0.2, -0.15) is 0 Å². The van der Waals surface area contributed by atoms with E-state index in [4.69, 9.17) is 4.42 Å². The zero-order valence-corrected chi connectivity index (χ0v) is 9.94. The number of nitrogens with one attached hydrogen (secondary N) is 1. The molecule has 1 N–H and O–H groups in total. The maximum atomic E-state index is 5.04. The highest BCUT2D eigenvalue weighted by Gasteiger charge is 2.15. The SMILES string of the molecule is CN1CCc2cc(NCc3ccoc3)ccc21. The quantitative estimate of drug-likeness (QED) is 0.875. The molecular formula is C14H16N2O. The lowest BCUT2D eigenvalue weighted by molar-refractivity contribution is 0.564. The Hall–Kier alpha value is -1.90. The molecule has 0 spiro atoms. The van der Waals surface area contributed by atoms with Crippen LogP contribution in [0.2, 0.25) is 0 Å². The molecule has 0 radical (unpaired) electrons. The van der Waals surface area contributed by atoms with Crippen molar-refractivity contribution in [2.45, 2.75) is 13.0 Å². The Morgan fingerprint density at radius 3 is 3.12 bits per heavy atom. The monoisotopic (exact) mass is 228 g/mol. The number of anilines is 2. The summed E-state index contributed by atoms with van der Waals surface area (Å²) in [6.07, 6.45) is 4.62. The van der Waals surface area contributed by atoms with Crippen LogP contribution < -0.4 is 10.2 Å². The van der Waals surface area contributed by atoms with Crippen LogP contribution in [0.15, 0.2) is 41.2 Å². The van der Waals surface area contributed by atoms with Gasteiger partial charge in [-0.15, -0.1) is 0 Å². The highest BCUT2D eigenvalue weighted by molar-refractivity contribution is 5.63. The number of hydrogen-bond donors (Lipinski definition) is 1. The van der Waals surface area contributed by atoms with Gasteiger partial charge in [0, 0.05) is 37.1 Å². The molecule has 1 aromatic carbocycles. The third kappa shape index (κ3) is 2.00. The first-order chi connectivity index (χ1) is 8.33. The maximum Gasteiger partial charge on any atom is 0.0952 e. The van der Waals surface area contributed by atoms with E-state index in [-0.39, 0.29) is 0 Å². The third-order valence-corrected chi connectivity index (χ3v) is 3.28. The van der Waals surface area contributed by atoms with E-state index in [1.807, 2.05) is 6.07 Å². The van der Waals surface area contributed by atoms with Crippen LogP contribution in [-0.4, -0.2) is 13.6 Å². The molecule has 0 amide bonds. The summed E-state index contributed by atoms with van der Waals surface area (Å²) in [6.45, 7) is 1.94. The van der Waals surface area contributed by atoms with E-state index < -0.39 is 0 Å². The fourth-order valence-corrected chi connectivity index (χ4v) is 2.27. The first-order valence-electron chi connectivity index (χ1n) is 5.92. The number of rotatable bonds is 3. The zero-order valence-electron chi connectivity index (χ0n) is 9.94. The molecule has 3 nitrogen and oxygen atoms in total. The third-order valence-electron chi connectivity index (χ3n) is 3.28. The predicted octanol–water partition coefficient (Wildman–Crippen LogP) is 2.88. The smallest absolute Gasteiger partial charge is 0.0952 e. The summed E-state index contributed by atoms with van der Waals surface area (Å²) in [5, 5.41) is 3.41. The molecular weight excluding hydrogens is 212 g/mol. The topological polar surface area (TPSA) is 28.4 Å². The van der Waals surface area contributed by atoms with Gasteiger partial charge in [0.2, 0.25) is 0 Å². The van der Waals surface area contributed by atoms with Crippen LogP contribution in [0, 0.1) is 0 Å². The maximum absolute atomic E-state index is 5.04.